The second-order valence-corrected chi connectivity index (χ2v) is 8.01. The highest BCUT2D eigenvalue weighted by Gasteiger charge is 2.25. The molecule has 1 saturated heterocycles. The minimum Gasteiger partial charge on any atom is -0.352 e. The summed E-state index contributed by atoms with van der Waals surface area (Å²) in [4.78, 5) is 9.84. The van der Waals surface area contributed by atoms with Crippen LogP contribution in [0.5, 0.6) is 0 Å². The van der Waals surface area contributed by atoms with Gasteiger partial charge < -0.3 is 4.90 Å². The average molecular weight is 352 g/mol. The molecule has 1 atom stereocenters. The van der Waals surface area contributed by atoms with Gasteiger partial charge >= 0.3 is 0 Å². The molecule has 26 heavy (non-hydrogen) atoms. The second-order valence-electron chi connectivity index (χ2n) is 8.01. The van der Waals surface area contributed by atoms with Crippen molar-refractivity contribution in [1.29, 1.82) is 0 Å². The van der Waals surface area contributed by atoms with Crippen LogP contribution in [0, 0.1) is 0 Å². The third kappa shape index (κ3) is 4.45. The van der Waals surface area contributed by atoms with Crippen molar-refractivity contribution in [2.75, 3.05) is 11.4 Å². The fourth-order valence-electron chi connectivity index (χ4n) is 4.25. The zero-order valence-electron chi connectivity index (χ0n) is 16.7. The molecule has 1 fully saturated rings. The summed E-state index contributed by atoms with van der Waals surface area (Å²) < 4.78 is 0. The molecule has 3 nitrogen and oxygen atoms in total. The first-order chi connectivity index (χ1) is 12.6. The van der Waals surface area contributed by atoms with E-state index in [9.17, 15) is 0 Å². The Morgan fingerprint density at radius 3 is 2.35 bits per heavy atom. The van der Waals surface area contributed by atoms with Gasteiger partial charge in [0, 0.05) is 30.9 Å². The van der Waals surface area contributed by atoms with Crippen LogP contribution < -0.4 is 4.90 Å². The molecule has 2 aromatic rings. The molecule has 0 radical (unpaired) electrons. The summed E-state index contributed by atoms with van der Waals surface area (Å²) in [7, 11) is 0. The fraction of sp³-hybridized carbons (Fsp3) is 0.522. The summed E-state index contributed by atoms with van der Waals surface area (Å²) in [6, 6.07) is 16.7. The monoisotopic (exact) mass is 351 g/mol. The van der Waals surface area contributed by atoms with Crippen LogP contribution >= 0.6 is 0 Å². The number of rotatable bonds is 6. The first-order valence-corrected chi connectivity index (χ1v) is 10.1. The molecule has 0 bridgehead atoms. The molecule has 140 valence electrons. The zero-order chi connectivity index (χ0) is 18.5. The topological polar surface area (TPSA) is 19.4 Å². The lowest BCUT2D eigenvalue weighted by Gasteiger charge is -2.36. The molecule has 0 spiro atoms. The fourth-order valence-corrected chi connectivity index (χ4v) is 4.25. The van der Waals surface area contributed by atoms with Crippen molar-refractivity contribution in [1.82, 2.24) is 9.88 Å². The number of hydrogen-bond acceptors (Lipinski definition) is 3. The van der Waals surface area contributed by atoms with Crippen molar-refractivity contribution in [3.63, 3.8) is 0 Å². The smallest absolute Gasteiger partial charge is 0.128 e. The Labute approximate surface area is 159 Å². The lowest BCUT2D eigenvalue weighted by atomic mass is 9.95. The Balaban J connectivity index is 1.77. The van der Waals surface area contributed by atoms with Gasteiger partial charge in [0.15, 0.2) is 0 Å². The molecule has 1 aromatic carbocycles. The van der Waals surface area contributed by atoms with Crippen LogP contribution in [0.4, 0.5) is 5.82 Å². The zero-order valence-corrected chi connectivity index (χ0v) is 16.7. The van der Waals surface area contributed by atoms with E-state index in [4.69, 9.17) is 4.98 Å². The van der Waals surface area contributed by atoms with Crippen LogP contribution in [-0.2, 0) is 6.54 Å². The summed E-state index contributed by atoms with van der Waals surface area (Å²) in [5, 5.41) is 0. The number of likely N-dealkylation sites (tertiary alicyclic amines) is 1. The number of pyridine rings is 1. The molecule has 1 aliphatic heterocycles. The highest BCUT2D eigenvalue weighted by atomic mass is 15.2. The third-order valence-corrected chi connectivity index (χ3v) is 5.37. The van der Waals surface area contributed by atoms with E-state index in [0.29, 0.717) is 18.1 Å². The molecule has 3 heteroatoms. The largest absolute Gasteiger partial charge is 0.352 e. The standard InChI is InChI=1S/C23H33N3/c1-18(2)26(19(3)4)23-14-13-21(16-24-23)22-12-8-9-15-25(22)17-20-10-6-5-7-11-20/h5-7,10-11,13-14,16,18-19,22H,8-9,12,15,17H2,1-4H3/t22-/m0/s1. The normalized spacial score (nSPS) is 18.5. The molecule has 1 aliphatic rings. The molecule has 0 N–H and O–H groups in total. The van der Waals surface area contributed by atoms with E-state index in [0.717, 1.165) is 12.4 Å². The van der Waals surface area contributed by atoms with Gasteiger partial charge in [-0.1, -0.05) is 42.8 Å². The molecule has 0 unspecified atom stereocenters. The Hall–Kier alpha value is -1.87. The summed E-state index contributed by atoms with van der Waals surface area (Å²) in [6.07, 6.45) is 5.94. The van der Waals surface area contributed by atoms with Gasteiger partial charge in [0.1, 0.15) is 5.82 Å². The quantitative estimate of drug-likeness (QED) is 0.691. The number of piperidine rings is 1. The molecule has 3 rings (SSSR count). The van der Waals surface area contributed by atoms with Crippen LogP contribution in [-0.4, -0.2) is 28.5 Å². The van der Waals surface area contributed by atoms with Gasteiger partial charge in [-0.05, 0) is 64.3 Å². The maximum Gasteiger partial charge on any atom is 0.128 e. The number of nitrogens with zero attached hydrogens (tertiary/aromatic N) is 3. The Morgan fingerprint density at radius 1 is 1.00 bits per heavy atom. The van der Waals surface area contributed by atoms with Gasteiger partial charge in [-0.3, -0.25) is 4.90 Å². The van der Waals surface area contributed by atoms with Crippen LogP contribution in [0.1, 0.15) is 64.1 Å². The Kier molecular flexibility index (Phi) is 6.31. The van der Waals surface area contributed by atoms with Crippen LogP contribution in [0.3, 0.4) is 0 Å². The number of benzene rings is 1. The maximum atomic E-state index is 4.84. The number of hydrogen-bond donors (Lipinski definition) is 0. The van der Waals surface area contributed by atoms with Crippen molar-refractivity contribution >= 4 is 5.82 Å². The minimum absolute atomic E-state index is 0.456. The number of aromatic nitrogens is 1. The number of anilines is 1. The molecule has 0 aliphatic carbocycles. The van der Waals surface area contributed by atoms with E-state index in [1.54, 1.807) is 0 Å². The van der Waals surface area contributed by atoms with E-state index in [1.807, 2.05) is 0 Å². The summed E-state index contributed by atoms with van der Waals surface area (Å²) in [6.45, 7) is 11.1. The van der Waals surface area contributed by atoms with Crippen molar-refractivity contribution < 1.29 is 0 Å². The van der Waals surface area contributed by atoms with Crippen LogP contribution in [0.2, 0.25) is 0 Å². The molecule has 0 amide bonds. The predicted molar refractivity (Wildman–Crippen MR) is 110 cm³/mol. The molecule has 1 aromatic heterocycles. The van der Waals surface area contributed by atoms with Crippen LogP contribution in [0.25, 0.3) is 0 Å². The van der Waals surface area contributed by atoms with Crippen molar-refractivity contribution in [2.45, 2.75) is 71.6 Å². The highest BCUT2D eigenvalue weighted by molar-refractivity contribution is 5.41. The highest BCUT2D eigenvalue weighted by Crippen LogP contribution is 2.32. The molecule has 2 heterocycles. The van der Waals surface area contributed by atoms with Gasteiger partial charge in [-0.2, -0.15) is 0 Å². The molecular formula is C23H33N3. The second kappa shape index (κ2) is 8.68. The van der Waals surface area contributed by atoms with Gasteiger partial charge in [-0.25, -0.2) is 4.98 Å². The van der Waals surface area contributed by atoms with E-state index < -0.39 is 0 Å². The predicted octanol–water partition coefficient (Wildman–Crippen LogP) is 5.43. The van der Waals surface area contributed by atoms with E-state index in [1.165, 1.54) is 36.9 Å². The molecule has 0 saturated carbocycles. The lowest BCUT2D eigenvalue weighted by Crippen LogP contribution is -2.37. The minimum atomic E-state index is 0.456. The Morgan fingerprint density at radius 2 is 1.73 bits per heavy atom. The molecular weight excluding hydrogens is 318 g/mol. The first-order valence-electron chi connectivity index (χ1n) is 10.1. The van der Waals surface area contributed by atoms with Crippen molar-refractivity contribution in [3.8, 4) is 0 Å². The third-order valence-electron chi connectivity index (χ3n) is 5.37. The van der Waals surface area contributed by atoms with Crippen molar-refractivity contribution in [3.05, 3.63) is 59.8 Å². The first kappa shape index (κ1) is 18.9. The Bertz CT molecular complexity index is 656. The SMILES string of the molecule is CC(C)N(c1ccc([C@@H]2CCCCN2Cc2ccccc2)cn1)C(C)C. The van der Waals surface area contributed by atoms with Gasteiger partial charge in [0.2, 0.25) is 0 Å². The van der Waals surface area contributed by atoms with Gasteiger partial charge in [0.05, 0.1) is 0 Å². The van der Waals surface area contributed by atoms with Crippen LogP contribution in [0.15, 0.2) is 48.7 Å². The lowest BCUT2D eigenvalue weighted by molar-refractivity contribution is 0.140. The van der Waals surface area contributed by atoms with Gasteiger partial charge in [0.25, 0.3) is 0 Å². The van der Waals surface area contributed by atoms with E-state index in [-0.39, 0.29) is 0 Å². The van der Waals surface area contributed by atoms with Gasteiger partial charge in [-0.15, -0.1) is 0 Å². The summed E-state index contributed by atoms with van der Waals surface area (Å²) >= 11 is 0. The van der Waals surface area contributed by atoms with E-state index >= 15 is 0 Å². The maximum absolute atomic E-state index is 4.84. The summed E-state index contributed by atoms with van der Waals surface area (Å²) in [5.41, 5.74) is 2.76. The van der Waals surface area contributed by atoms with E-state index in [2.05, 4.69) is 86.2 Å². The summed E-state index contributed by atoms with van der Waals surface area (Å²) in [5.74, 6) is 1.09. The average Bonchev–Trinajstić information content (AvgIpc) is 2.63. The van der Waals surface area contributed by atoms with Crippen molar-refractivity contribution in [2.24, 2.45) is 0 Å².